The topological polar surface area (TPSA) is 15.7 Å². The van der Waals surface area contributed by atoms with Crippen LogP contribution in [0.15, 0.2) is 218 Å². The number of nitrogens with zero attached hydrogens (tertiary/aromatic N) is 2. The molecule has 0 unspecified atom stereocenters. The molecule has 0 amide bonds. The maximum atomic E-state index is 7.15. The first-order chi connectivity index (χ1) is 27.3. The lowest BCUT2D eigenvalue weighted by Gasteiger charge is -2.33. The summed E-state index contributed by atoms with van der Waals surface area (Å²) in [6.07, 6.45) is 0. The monoisotopic (exact) mass is 704 g/mol. The summed E-state index contributed by atoms with van der Waals surface area (Å²) >= 11 is 0. The van der Waals surface area contributed by atoms with E-state index in [0.29, 0.717) is 0 Å². The predicted octanol–water partition coefficient (Wildman–Crippen LogP) is 14.9. The van der Waals surface area contributed by atoms with E-state index < -0.39 is 0 Å². The molecule has 0 saturated heterocycles. The molecule has 0 radical (unpaired) electrons. The van der Waals surface area contributed by atoms with Gasteiger partial charge in [-0.25, -0.2) is 0 Å². The van der Waals surface area contributed by atoms with E-state index in [9.17, 15) is 0 Å². The Hall–Kier alpha value is -7.36. The minimum Gasteiger partial charge on any atom is -0.454 e. The SMILES string of the molecule is c1ccc(-c2ccc(N(c3ccc(-c4ccccc4)cc3)c3cccc4c3-c3cccc5ccc(N(c6ccccc6)c6ccccc6)c(c35)O4)cc2)cc1. The average molecular weight is 705 g/mol. The van der Waals surface area contributed by atoms with Gasteiger partial charge < -0.3 is 14.5 Å². The number of anilines is 6. The van der Waals surface area contributed by atoms with Crippen LogP contribution in [0, 0.1) is 0 Å². The molecule has 9 aromatic carbocycles. The second-order valence-electron chi connectivity index (χ2n) is 13.7. The van der Waals surface area contributed by atoms with E-state index in [1.807, 2.05) is 0 Å². The summed E-state index contributed by atoms with van der Waals surface area (Å²) in [5.41, 5.74) is 13.2. The maximum Gasteiger partial charge on any atom is 0.159 e. The Morgan fingerprint density at radius 3 is 1.31 bits per heavy atom. The van der Waals surface area contributed by atoms with Crippen LogP contribution in [-0.4, -0.2) is 0 Å². The van der Waals surface area contributed by atoms with Crippen molar-refractivity contribution in [3.8, 4) is 44.9 Å². The van der Waals surface area contributed by atoms with Gasteiger partial charge in [-0.1, -0.05) is 152 Å². The van der Waals surface area contributed by atoms with E-state index in [4.69, 9.17) is 4.74 Å². The molecule has 1 aliphatic rings. The van der Waals surface area contributed by atoms with Crippen molar-refractivity contribution in [2.24, 2.45) is 0 Å². The summed E-state index contributed by atoms with van der Waals surface area (Å²) in [6.45, 7) is 0. The highest BCUT2D eigenvalue weighted by atomic mass is 16.5. The van der Waals surface area contributed by atoms with Crippen molar-refractivity contribution in [1.29, 1.82) is 0 Å². The Balaban J connectivity index is 1.16. The number of benzene rings is 9. The molecular formula is C52H36N2O. The van der Waals surface area contributed by atoms with Crippen LogP contribution in [0.2, 0.25) is 0 Å². The highest BCUT2D eigenvalue weighted by Gasteiger charge is 2.30. The lowest BCUT2D eigenvalue weighted by Crippen LogP contribution is -2.14. The summed E-state index contributed by atoms with van der Waals surface area (Å²) < 4.78 is 7.15. The maximum absolute atomic E-state index is 7.15. The number of rotatable bonds is 8. The van der Waals surface area contributed by atoms with Crippen LogP contribution in [0.25, 0.3) is 44.2 Å². The van der Waals surface area contributed by atoms with Gasteiger partial charge in [0.15, 0.2) is 5.75 Å². The smallest absolute Gasteiger partial charge is 0.159 e. The van der Waals surface area contributed by atoms with Crippen molar-refractivity contribution in [3.63, 3.8) is 0 Å². The Morgan fingerprint density at radius 2 is 0.764 bits per heavy atom. The van der Waals surface area contributed by atoms with Gasteiger partial charge in [-0.3, -0.25) is 0 Å². The molecule has 0 fully saturated rings. The third-order valence-electron chi connectivity index (χ3n) is 10.4. The molecule has 9 aromatic rings. The van der Waals surface area contributed by atoms with Crippen molar-refractivity contribution in [3.05, 3.63) is 218 Å². The average Bonchev–Trinajstić information content (AvgIpc) is 3.26. The molecule has 1 heterocycles. The summed E-state index contributed by atoms with van der Waals surface area (Å²) in [5, 5.41) is 2.22. The third kappa shape index (κ3) is 5.89. The summed E-state index contributed by atoms with van der Waals surface area (Å²) in [7, 11) is 0. The van der Waals surface area contributed by atoms with E-state index in [-0.39, 0.29) is 0 Å². The van der Waals surface area contributed by atoms with Gasteiger partial charge in [-0.05, 0) is 99.9 Å². The quantitative estimate of drug-likeness (QED) is 0.157. The third-order valence-corrected chi connectivity index (χ3v) is 10.4. The Kier molecular flexibility index (Phi) is 8.16. The van der Waals surface area contributed by atoms with E-state index in [0.717, 1.165) is 67.5 Å². The Morgan fingerprint density at radius 1 is 0.309 bits per heavy atom. The van der Waals surface area contributed by atoms with E-state index in [2.05, 4.69) is 228 Å². The van der Waals surface area contributed by atoms with Crippen molar-refractivity contribution in [2.45, 2.75) is 0 Å². The number of hydrogen-bond acceptors (Lipinski definition) is 3. The van der Waals surface area contributed by atoms with Gasteiger partial charge in [-0.2, -0.15) is 0 Å². The molecule has 0 aliphatic carbocycles. The zero-order chi connectivity index (χ0) is 36.6. The summed E-state index contributed by atoms with van der Waals surface area (Å²) in [5.74, 6) is 1.66. The fraction of sp³-hybridized carbons (Fsp3) is 0. The Labute approximate surface area is 321 Å². The Bertz CT molecular complexity index is 2630. The minimum absolute atomic E-state index is 0.817. The largest absolute Gasteiger partial charge is 0.454 e. The van der Waals surface area contributed by atoms with Gasteiger partial charge in [-0.15, -0.1) is 0 Å². The molecule has 0 spiro atoms. The van der Waals surface area contributed by atoms with E-state index in [1.165, 1.54) is 22.3 Å². The van der Waals surface area contributed by atoms with Crippen molar-refractivity contribution in [1.82, 2.24) is 0 Å². The van der Waals surface area contributed by atoms with Crippen LogP contribution in [0.1, 0.15) is 0 Å². The lowest BCUT2D eigenvalue weighted by atomic mass is 9.92. The van der Waals surface area contributed by atoms with Crippen LogP contribution >= 0.6 is 0 Å². The van der Waals surface area contributed by atoms with Gasteiger partial charge in [0.2, 0.25) is 0 Å². The van der Waals surface area contributed by atoms with E-state index >= 15 is 0 Å². The van der Waals surface area contributed by atoms with Crippen LogP contribution in [0.3, 0.4) is 0 Å². The molecule has 0 atom stereocenters. The van der Waals surface area contributed by atoms with Crippen molar-refractivity contribution in [2.75, 3.05) is 9.80 Å². The van der Waals surface area contributed by atoms with Gasteiger partial charge >= 0.3 is 0 Å². The van der Waals surface area contributed by atoms with Crippen LogP contribution < -0.4 is 14.5 Å². The van der Waals surface area contributed by atoms with Crippen LogP contribution in [0.5, 0.6) is 11.5 Å². The molecule has 1 aliphatic heterocycles. The van der Waals surface area contributed by atoms with Crippen LogP contribution in [-0.2, 0) is 0 Å². The molecule has 55 heavy (non-hydrogen) atoms. The van der Waals surface area contributed by atoms with Crippen molar-refractivity contribution < 1.29 is 4.74 Å². The summed E-state index contributed by atoms with van der Waals surface area (Å²) in [6, 6.07) is 77.3. The molecular weight excluding hydrogens is 669 g/mol. The molecule has 0 N–H and O–H groups in total. The van der Waals surface area contributed by atoms with Crippen molar-refractivity contribution >= 4 is 44.9 Å². The second kappa shape index (κ2) is 13.9. The van der Waals surface area contributed by atoms with Gasteiger partial charge in [0.1, 0.15) is 5.75 Å². The summed E-state index contributed by atoms with van der Waals surface area (Å²) in [4.78, 5) is 4.65. The molecule has 0 bridgehead atoms. The lowest BCUT2D eigenvalue weighted by molar-refractivity contribution is 0.488. The molecule has 3 heteroatoms. The molecule has 10 rings (SSSR count). The molecule has 3 nitrogen and oxygen atoms in total. The first-order valence-electron chi connectivity index (χ1n) is 18.7. The second-order valence-corrected chi connectivity index (χ2v) is 13.7. The normalized spacial score (nSPS) is 11.4. The molecule has 0 aromatic heterocycles. The zero-order valence-electron chi connectivity index (χ0n) is 30.1. The fourth-order valence-electron chi connectivity index (χ4n) is 7.87. The molecule has 260 valence electrons. The fourth-order valence-corrected chi connectivity index (χ4v) is 7.87. The van der Waals surface area contributed by atoms with Gasteiger partial charge in [0.25, 0.3) is 0 Å². The first kappa shape index (κ1) is 32.3. The molecule has 0 saturated carbocycles. The number of para-hydroxylation sites is 2. The standard InChI is InChI=1S/C52H36N2O/c1-5-15-37(16-6-1)39-27-32-44(33-28-39)53(45-34-29-40(30-35-45)38-17-7-2-8-18-38)47-25-14-26-49-51(47)46-24-13-19-41-31-36-48(52(55-49)50(41)46)54(42-20-9-3-10-21-42)43-22-11-4-12-23-43/h1-36H. The van der Waals surface area contributed by atoms with Gasteiger partial charge in [0.05, 0.1) is 11.4 Å². The van der Waals surface area contributed by atoms with E-state index in [1.54, 1.807) is 0 Å². The van der Waals surface area contributed by atoms with Crippen LogP contribution in [0.4, 0.5) is 34.1 Å². The van der Waals surface area contributed by atoms with Gasteiger partial charge in [0, 0.05) is 33.7 Å². The number of hydrogen-bond donors (Lipinski definition) is 0. The highest BCUT2D eigenvalue weighted by molar-refractivity contribution is 6.11. The highest BCUT2D eigenvalue weighted by Crippen LogP contribution is 2.56. The first-order valence-corrected chi connectivity index (χ1v) is 18.7. The number of fused-ring (bicyclic) bond motifs is 2. The predicted molar refractivity (Wildman–Crippen MR) is 230 cm³/mol. The number of ether oxygens (including phenoxy) is 1. The minimum atomic E-state index is 0.817. The zero-order valence-corrected chi connectivity index (χ0v) is 30.1.